The van der Waals surface area contributed by atoms with Crippen LogP contribution in [-0.2, 0) is 25.8 Å². The summed E-state index contributed by atoms with van der Waals surface area (Å²) in [6.07, 6.45) is 3.01. The molecule has 2 aliphatic carbocycles. The molecule has 0 saturated heterocycles. The van der Waals surface area contributed by atoms with E-state index in [2.05, 4.69) is 25.4 Å². The zero-order valence-electron chi connectivity index (χ0n) is 29.1. The maximum absolute atomic E-state index is 14.0. The van der Waals surface area contributed by atoms with Gasteiger partial charge in [-0.2, -0.15) is 18.3 Å². The second kappa shape index (κ2) is 14.3. The van der Waals surface area contributed by atoms with E-state index in [1.807, 2.05) is 6.08 Å². The van der Waals surface area contributed by atoms with E-state index in [1.54, 1.807) is 32.2 Å². The highest BCUT2D eigenvalue weighted by molar-refractivity contribution is 7.91. The highest BCUT2D eigenvalue weighted by atomic mass is 35.5. The number of pyridine rings is 1. The molecule has 3 aliphatic rings. The molecular formula is C34H39ClF3N7O7S. The van der Waals surface area contributed by atoms with Gasteiger partial charge in [0.05, 0.1) is 24.0 Å². The lowest BCUT2D eigenvalue weighted by atomic mass is 10.1. The summed E-state index contributed by atoms with van der Waals surface area (Å²) < 4.78 is 79.5. The molecule has 53 heavy (non-hydrogen) atoms. The first-order chi connectivity index (χ1) is 25.0. The Morgan fingerprint density at radius 1 is 1.17 bits per heavy atom. The van der Waals surface area contributed by atoms with E-state index in [-0.39, 0.29) is 47.3 Å². The SMILES string of the molecule is COc1ccc2c(OCCC3NC(=O)N(C)CCCC/C=C\C4C[C@@]4(C(=O)NS(=O)(=O)C4(C)CC4)NC3=O)cc(-n3ccc(C(F)(F)F)n3)nc2c1Cl. The Morgan fingerprint density at radius 2 is 1.92 bits per heavy atom. The number of aromatic nitrogens is 3. The minimum atomic E-state index is -4.70. The summed E-state index contributed by atoms with van der Waals surface area (Å²) >= 11 is 6.56. The number of rotatable bonds is 9. The van der Waals surface area contributed by atoms with Gasteiger partial charge in [0, 0.05) is 43.6 Å². The van der Waals surface area contributed by atoms with Crippen molar-refractivity contribution in [3.05, 3.63) is 53.3 Å². The predicted molar refractivity (Wildman–Crippen MR) is 187 cm³/mol. The lowest BCUT2D eigenvalue weighted by Gasteiger charge is -2.26. The molecule has 2 saturated carbocycles. The van der Waals surface area contributed by atoms with Gasteiger partial charge in [-0.25, -0.2) is 22.9 Å². The smallest absolute Gasteiger partial charge is 0.435 e. The first-order valence-electron chi connectivity index (χ1n) is 17.0. The highest BCUT2D eigenvalue weighted by Gasteiger charge is 2.62. The standard InChI is InChI=1S/C34H39ClF3N7O7S/c1-32(13-14-32)53(49,50)43-30(47)33-19-20(33)8-6-4-5-7-15-44(2)31(48)39-22(29(46)41-33)12-17-52-24-18-26(45-16-11-25(42-45)34(36,37)38)40-28-21(24)9-10-23(51-3)27(28)35/h6,8-11,16,18,20,22H,4-5,7,12-15,17,19H2,1-3H3,(H,39,48)(H,41,46)(H,43,47)/b8-6-/t20?,22?,33-/m1/s1. The number of nitrogens with one attached hydrogen (secondary N) is 3. The largest absolute Gasteiger partial charge is 0.495 e. The minimum Gasteiger partial charge on any atom is -0.495 e. The fourth-order valence-corrected chi connectivity index (χ4v) is 7.65. The van der Waals surface area contributed by atoms with Crippen LogP contribution >= 0.6 is 11.6 Å². The Bertz CT molecular complexity index is 2070. The molecule has 3 aromatic rings. The summed E-state index contributed by atoms with van der Waals surface area (Å²) in [7, 11) is -1.04. The summed E-state index contributed by atoms with van der Waals surface area (Å²) in [6.45, 7) is 1.75. The third-order valence-electron chi connectivity index (χ3n) is 9.87. The van der Waals surface area contributed by atoms with E-state index in [0.717, 1.165) is 23.4 Å². The van der Waals surface area contributed by atoms with Crippen LogP contribution in [0.4, 0.5) is 18.0 Å². The van der Waals surface area contributed by atoms with Crippen LogP contribution in [0.25, 0.3) is 16.7 Å². The molecule has 3 N–H and O–H groups in total. The molecule has 14 nitrogen and oxygen atoms in total. The second-order valence-corrected chi connectivity index (χ2v) is 16.3. The monoisotopic (exact) mass is 781 g/mol. The first-order valence-corrected chi connectivity index (χ1v) is 18.8. The van der Waals surface area contributed by atoms with E-state index in [1.165, 1.54) is 18.1 Å². The van der Waals surface area contributed by atoms with Gasteiger partial charge in [0.25, 0.3) is 5.91 Å². The third-order valence-corrected chi connectivity index (χ3v) is 12.4. The number of urea groups is 1. The number of methoxy groups -OCH3 is 1. The number of benzene rings is 1. The topological polar surface area (TPSA) is 174 Å². The highest BCUT2D eigenvalue weighted by Crippen LogP contribution is 2.47. The van der Waals surface area contributed by atoms with Gasteiger partial charge >= 0.3 is 12.2 Å². The molecule has 2 unspecified atom stereocenters. The number of fused-ring (bicyclic) bond motifs is 2. The number of carbonyl (C=O) groups is 3. The van der Waals surface area contributed by atoms with Gasteiger partial charge in [-0.1, -0.05) is 23.8 Å². The average Bonchev–Trinajstić information content (AvgIpc) is 3.96. The van der Waals surface area contributed by atoms with Crippen molar-refractivity contribution in [2.75, 3.05) is 27.3 Å². The molecule has 0 bridgehead atoms. The number of sulfonamides is 1. The van der Waals surface area contributed by atoms with Crippen LogP contribution in [0.15, 0.2) is 42.6 Å². The number of amides is 4. The van der Waals surface area contributed by atoms with Gasteiger partial charge in [-0.15, -0.1) is 0 Å². The van der Waals surface area contributed by atoms with Crippen molar-refractivity contribution in [3.63, 3.8) is 0 Å². The van der Waals surface area contributed by atoms with Crippen molar-refractivity contribution in [2.45, 2.75) is 74.4 Å². The predicted octanol–water partition coefficient (Wildman–Crippen LogP) is 4.49. The molecule has 3 atom stereocenters. The number of hydrogen-bond donors (Lipinski definition) is 3. The van der Waals surface area contributed by atoms with Gasteiger partial charge in [0.15, 0.2) is 11.5 Å². The van der Waals surface area contributed by atoms with E-state index in [4.69, 9.17) is 21.1 Å². The number of hydrogen-bond acceptors (Lipinski definition) is 9. The Kier molecular flexibility index (Phi) is 10.3. The number of carbonyl (C=O) groups excluding carboxylic acids is 3. The molecule has 0 spiro atoms. The number of allylic oxidation sites excluding steroid dienone is 1. The second-order valence-electron chi connectivity index (χ2n) is 13.7. The van der Waals surface area contributed by atoms with E-state index >= 15 is 0 Å². The van der Waals surface area contributed by atoms with Crippen molar-refractivity contribution < 1.29 is 45.4 Å². The Balaban J connectivity index is 1.28. The number of halogens is 4. The van der Waals surface area contributed by atoms with Crippen molar-refractivity contribution in [3.8, 4) is 17.3 Å². The molecule has 2 aromatic heterocycles. The molecule has 4 amide bonds. The van der Waals surface area contributed by atoms with Crippen molar-refractivity contribution in [2.24, 2.45) is 5.92 Å². The van der Waals surface area contributed by atoms with Crippen LogP contribution in [0, 0.1) is 5.92 Å². The van der Waals surface area contributed by atoms with E-state index in [9.17, 15) is 36.0 Å². The lowest BCUT2D eigenvalue weighted by molar-refractivity contribution is -0.141. The van der Waals surface area contributed by atoms with Gasteiger partial charge in [-0.05, 0) is 63.6 Å². The van der Waals surface area contributed by atoms with Crippen LogP contribution < -0.4 is 24.8 Å². The zero-order chi connectivity index (χ0) is 38.3. The van der Waals surface area contributed by atoms with Crippen LogP contribution in [-0.4, -0.2) is 89.6 Å². The Morgan fingerprint density at radius 3 is 2.60 bits per heavy atom. The zero-order valence-corrected chi connectivity index (χ0v) is 30.7. The van der Waals surface area contributed by atoms with Gasteiger partial charge in [0.1, 0.15) is 28.1 Å². The molecule has 286 valence electrons. The van der Waals surface area contributed by atoms with Crippen molar-refractivity contribution in [1.29, 1.82) is 0 Å². The van der Waals surface area contributed by atoms with E-state index in [0.29, 0.717) is 37.6 Å². The van der Waals surface area contributed by atoms with E-state index < -0.39 is 62.0 Å². The molecular weight excluding hydrogens is 743 g/mol. The molecule has 1 aliphatic heterocycles. The van der Waals surface area contributed by atoms with Gasteiger partial charge in [0.2, 0.25) is 15.9 Å². The Labute approximate surface area is 308 Å². The van der Waals surface area contributed by atoms with Crippen LogP contribution in [0.2, 0.25) is 5.02 Å². The Hall–Kier alpha value is -4.58. The minimum absolute atomic E-state index is 0.0559. The van der Waals surface area contributed by atoms with Crippen LogP contribution in [0.3, 0.4) is 0 Å². The molecule has 19 heteroatoms. The molecule has 2 fully saturated rings. The van der Waals surface area contributed by atoms with Gasteiger partial charge in [-0.3, -0.25) is 14.3 Å². The average molecular weight is 782 g/mol. The summed E-state index contributed by atoms with van der Waals surface area (Å²) in [5.74, 6) is -1.74. The molecule has 0 radical (unpaired) electrons. The van der Waals surface area contributed by atoms with Crippen LogP contribution in [0.1, 0.15) is 57.6 Å². The summed E-state index contributed by atoms with van der Waals surface area (Å²) in [5, 5.41) is 9.49. The third kappa shape index (κ3) is 7.88. The van der Waals surface area contributed by atoms with Crippen molar-refractivity contribution in [1.82, 2.24) is 35.0 Å². The molecule has 1 aromatic carbocycles. The van der Waals surface area contributed by atoms with Gasteiger partial charge < -0.3 is 25.0 Å². The fourth-order valence-electron chi connectivity index (χ4n) is 6.05. The first kappa shape index (κ1) is 38.2. The lowest BCUT2D eigenvalue weighted by Crippen LogP contribution is -2.58. The fraction of sp³-hybridized carbons (Fsp3) is 0.500. The summed E-state index contributed by atoms with van der Waals surface area (Å²) in [6, 6.07) is 3.50. The number of nitrogens with zero attached hydrogens (tertiary/aromatic N) is 4. The normalized spacial score (nSPS) is 23.9. The maximum Gasteiger partial charge on any atom is 0.435 e. The molecule has 3 heterocycles. The van der Waals surface area contributed by atoms with Crippen molar-refractivity contribution >= 4 is 50.4 Å². The number of ether oxygens (including phenoxy) is 2. The number of alkyl halides is 3. The van der Waals surface area contributed by atoms with Crippen LogP contribution in [0.5, 0.6) is 11.5 Å². The quantitative estimate of drug-likeness (QED) is 0.265. The summed E-state index contributed by atoms with van der Waals surface area (Å²) in [4.78, 5) is 46.6. The molecule has 6 rings (SSSR count). The summed E-state index contributed by atoms with van der Waals surface area (Å²) in [5.41, 5.74) is -2.56. The maximum atomic E-state index is 14.0.